The molecule has 216 valence electrons. The zero-order valence-corrected chi connectivity index (χ0v) is 22.1. The quantitative estimate of drug-likeness (QED) is 0.264. The van der Waals surface area contributed by atoms with E-state index in [1.807, 2.05) is 13.0 Å². The molecule has 0 amide bonds. The average molecular weight is 558 g/mol. The van der Waals surface area contributed by atoms with Crippen molar-refractivity contribution in [2.45, 2.75) is 70.8 Å². The number of nitrogens with zero attached hydrogens (tertiary/aromatic N) is 6. The Hall–Kier alpha value is -3.29. The molecule has 4 heterocycles. The molecule has 39 heavy (non-hydrogen) atoms. The number of halogens is 4. The van der Waals surface area contributed by atoms with E-state index in [0.717, 1.165) is 63.0 Å². The molecule has 0 bridgehead atoms. The molecule has 2 aromatic heterocycles. The molecule has 0 unspecified atom stereocenters. The number of rotatable bonds is 9. The second-order valence-electron chi connectivity index (χ2n) is 9.47. The fraction of sp³-hybridized carbons (Fsp3) is 0.640. The SMILES string of the molecule is CCCCC[C@@H]1CC[C@H](CNc2cc(N3CCN(c4cc(F)ncn4)CC3)nc(C)n2)O1.O=C(O)C(F)(F)F. The summed E-state index contributed by atoms with van der Waals surface area (Å²) in [5.74, 6) is -0.132. The Labute approximate surface area is 224 Å². The Morgan fingerprint density at radius 1 is 1.05 bits per heavy atom. The molecule has 10 nitrogen and oxygen atoms in total. The van der Waals surface area contributed by atoms with Crippen LogP contribution < -0.4 is 15.1 Å². The molecule has 0 spiro atoms. The van der Waals surface area contributed by atoms with Gasteiger partial charge in [-0.25, -0.2) is 24.7 Å². The van der Waals surface area contributed by atoms with Gasteiger partial charge in [0.2, 0.25) is 5.95 Å². The first-order valence-electron chi connectivity index (χ1n) is 13.1. The van der Waals surface area contributed by atoms with Gasteiger partial charge in [-0.05, 0) is 26.2 Å². The van der Waals surface area contributed by atoms with Crippen LogP contribution in [0.15, 0.2) is 18.5 Å². The fourth-order valence-electron chi connectivity index (χ4n) is 4.45. The third-order valence-corrected chi connectivity index (χ3v) is 6.45. The number of alkyl halides is 3. The minimum absolute atomic E-state index is 0.247. The van der Waals surface area contributed by atoms with Crippen LogP contribution in [0.2, 0.25) is 0 Å². The molecule has 0 saturated carbocycles. The lowest BCUT2D eigenvalue weighted by Crippen LogP contribution is -2.47. The van der Waals surface area contributed by atoms with Gasteiger partial charge in [0, 0.05) is 44.9 Å². The number of ether oxygens (including phenoxy) is 1. The highest BCUT2D eigenvalue weighted by Gasteiger charge is 2.38. The van der Waals surface area contributed by atoms with E-state index in [9.17, 15) is 17.6 Å². The highest BCUT2D eigenvalue weighted by molar-refractivity contribution is 5.73. The summed E-state index contributed by atoms with van der Waals surface area (Å²) < 4.78 is 51.4. The predicted octanol–water partition coefficient (Wildman–Crippen LogP) is 4.21. The van der Waals surface area contributed by atoms with Crippen molar-refractivity contribution in [2.75, 3.05) is 47.8 Å². The molecular formula is C25H35F4N7O3. The third kappa shape index (κ3) is 9.75. The predicted molar refractivity (Wildman–Crippen MR) is 137 cm³/mol. The van der Waals surface area contributed by atoms with Crippen LogP contribution in [0.1, 0.15) is 51.3 Å². The second kappa shape index (κ2) is 14.2. The van der Waals surface area contributed by atoms with Crippen LogP contribution >= 0.6 is 0 Å². The van der Waals surface area contributed by atoms with Gasteiger partial charge in [-0.1, -0.05) is 26.2 Å². The minimum atomic E-state index is -5.08. The fourth-order valence-corrected chi connectivity index (χ4v) is 4.45. The molecule has 2 aliphatic rings. The van der Waals surface area contributed by atoms with Crippen molar-refractivity contribution in [3.05, 3.63) is 30.2 Å². The van der Waals surface area contributed by atoms with Crippen molar-refractivity contribution >= 4 is 23.4 Å². The monoisotopic (exact) mass is 557 g/mol. The maximum atomic E-state index is 13.4. The number of hydrogen-bond acceptors (Lipinski definition) is 9. The van der Waals surface area contributed by atoms with Crippen LogP contribution in [0.4, 0.5) is 35.0 Å². The summed E-state index contributed by atoms with van der Waals surface area (Å²) in [5, 5.41) is 10.6. The van der Waals surface area contributed by atoms with Crippen LogP contribution in [0.5, 0.6) is 0 Å². The largest absolute Gasteiger partial charge is 0.490 e. The first-order chi connectivity index (χ1) is 18.5. The Balaban J connectivity index is 0.000000532. The highest BCUT2D eigenvalue weighted by Crippen LogP contribution is 2.25. The van der Waals surface area contributed by atoms with Crippen LogP contribution in [-0.4, -0.2) is 82.1 Å². The Morgan fingerprint density at radius 3 is 2.31 bits per heavy atom. The molecule has 2 aliphatic heterocycles. The molecule has 2 atom stereocenters. The van der Waals surface area contributed by atoms with E-state index in [2.05, 4.69) is 42.0 Å². The number of carbonyl (C=O) groups is 1. The van der Waals surface area contributed by atoms with Crippen LogP contribution in [0.25, 0.3) is 0 Å². The maximum Gasteiger partial charge on any atom is 0.490 e. The summed E-state index contributed by atoms with van der Waals surface area (Å²) in [6.07, 6.45) is 4.08. The molecule has 14 heteroatoms. The number of nitrogens with one attached hydrogen (secondary N) is 1. The lowest BCUT2D eigenvalue weighted by molar-refractivity contribution is -0.192. The lowest BCUT2D eigenvalue weighted by atomic mass is 10.1. The van der Waals surface area contributed by atoms with Crippen molar-refractivity contribution in [1.29, 1.82) is 0 Å². The normalized spacial score (nSPS) is 19.4. The number of hydrogen-bond donors (Lipinski definition) is 2. The van der Waals surface area contributed by atoms with Gasteiger partial charge in [0.25, 0.3) is 0 Å². The van der Waals surface area contributed by atoms with E-state index in [1.54, 1.807) is 0 Å². The zero-order chi connectivity index (χ0) is 28.4. The number of aliphatic carboxylic acids is 1. The van der Waals surface area contributed by atoms with Crippen molar-refractivity contribution in [3.63, 3.8) is 0 Å². The summed E-state index contributed by atoms with van der Waals surface area (Å²) in [4.78, 5) is 30.1. The van der Waals surface area contributed by atoms with Crippen molar-refractivity contribution in [1.82, 2.24) is 19.9 Å². The van der Waals surface area contributed by atoms with Crippen LogP contribution in [0, 0.1) is 12.9 Å². The molecule has 0 aliphatic carbocycles. The summed E-state index contributed by atoms with van der Waals surface area (Å²) in [5.41, 5.74) is 0. The number of aryl methyl sites for hydroxylation is 1. The molecule has 2 aromatic rings. The molecular weight excluding hydrogens is 522 g/mol. The number of aromatic nitrogens is 4. The van der Waals surface area contributed by atoms with Gasteiger partial charge >= 0.3 is 12.1 Å². The number of anilines is 3. The van der Waals surface area contributed by atoms with E-state index in [-0.39, 0.29) is 6.10 Å². The van der Waals surface area contributed by atoms with Gasteiger partial charge in [-0.2, -0.15) is 17.6 Å². The summed E-state index contributed by atoms with van der Waals surface area (Å²) in [7, 11) is 0. The number of unbranched alkanes of at least 4 members (excludes halogenated alkanes) is 2. The molecule has 0 aromatic carbocycles. The molecule has 4 rings (SSSR count). The minimum Gasteiger partial charge on any atom is -0.475 e. The zero-order valence-electron chi connectivity index (χ0n) is 22.1. The Morgan fingerprint density at radius 2 is 1.69 bits per heavy atom. The standard InChI is InChI=1S/C23H34FN7O.C2HF3O2/c1-3-4-5-6-18-7-8-19(32-18)15-25-21-14-23(29-17(2)28-21)31-11-9-30(10-12-31)22-13-20(24)26-16-27-22;3-2(4,5)1(6)7/h13-14,16,18-19H,3-12,15H2,1-2H3,(H,25,28,29);(H,6,7)/t18-,19-;/m1./s1. The average Bonchev–Trinajstić information content (AvgIpc) is 3.35. The summed E-state index contributed by atoms with van der Waals surface area (Å²) >= 11 is 0. The summed E-state index contributed by atoms with van der Waals surface area (Å²) in [6.45, 7) is 7.99. The van der Waals surface area contributed by atoms with Gasteiger partial charge in [0.05, 0.1) is 12.2 Å². The smallest absolute Gasteiger partial charge is 0.475 e. The van der Waals surface area contributed by atoms with E-state index in [1.165, 1.54) is 38.1 Å². The van der Waals surface area contributed by atoms with E-state index in [4.69, 9.17) is 14.6 Å². The first-order valence-corrected chi connectivity index (χ1v) is 13.1. The second-order valence-corrected chi connectivity index (χ2v) is 9.47. The van der Waals surface area contributed by atoms with Crippen LogP contribution in [0.3, 0.4) is 0 Å². The van der Waals surface area contributed by atoms with E-state index >= 15 is 0 Å². The maximum absolute atomic E-state index is 13.4. The number of piperazine rings is 1. The molecule has 2 N–H and O–H groups in total. The molecule has 2 fully saturated rings. The van der Waals surface area contributed by atoms with Gasteiger partial charge in [-0.15, -0.1) is 0 Å². The van der Waals surface area contributed by atoms with Crippen molar-refractivity contribution in [2.24, 2.45) is 0 Å². The van der Waals surface area contributed by atoms with Crippen LogP contribution in [-0.2, 0) is 9.53 Å². The molecule has 0 radical (unpaired) electrons. The van der Waals surface area contributed by atoms with Gasteiger partial charge < -0.3 is 25.0 Å². The molecule has 2 saturated heterocycles. The van der Waals surface area contributed by atoms with E-state index in [0.29, 0.717) is 11.9 Å². The van der Waals surface area contributed by atoms with Gasteiger partial charge in [0.1, 0.15) is 29.6 Å². The van der Waals surface area contributed by atoms with Gasteiger partial charge in [-0.3, -0.25) is 0 Å². The highest BCUT2D eigenvalue weighted by atomic mass is 19.4. The topological polar surface area (TPSA) is 117 Å². The lowest BCUT2D eigenvalue weighted by Gasteiger charge is -2.36. The first kappa shape index (κ1) is 30.3. The Bertz CT molecular complexity index is 1070. The number of carboxylic acids is 1. The number of carboxylic acid groups (broad SMARTS) is 1. The van der Waals surface area contributed by atoms with Crippen molar-refractivity contribution in [3.8, 4) is 0 Å². The van der Waals surface area contributed by atoms with E-state index < -0.39 is 18.1 Å². The van der Waals surface area contributed by atoms with Gasteiger partial charge in [0.15, 0.2) is 0 Å². The van der Waals surface area contributed by atoms with Crippen molar-refractivity contribution < 1.29 is 32.2 Å². The third-order valence-electron chi connectivity index (χ3n) is 6.45. The Kier molecular flexibility index (Phi) is 11.0. The summed E-state index contributed by atoms with van der Waals surface area (Å²) in [6, 6.07) is 3.40.